The molecule has 0 radical (unpaired) electrons. The number of piperidine rings is 1. The predicted octanol–water partition coefficient (Wildman–Crippen LogP) is 4.76. The molecule has 2 heterocycles. The monoisotopic (exact) mass is 391 g/mol. The van der Waals surface area contributed by atoms with Gasteiger partial charge in [-0.25, -0.2) is 4.39 Å². The van der Waals surface area contributed by atoms with Gasteiger partial charge in [-0.05, 0) is 80.7 Å². The third-order valence-corrected chi connectivity index (χ3v) is 6.06. The molecule has 1 aliphatic heterocycles. The molecule has 2 aromatic carbocycles. The van der Waals surface area contributed by atoms with Gasteiger partial charge in [0.15, 0.2) is 0 Å². The zero-order chi connectivity index (χ0) is 20.1. The van der Waals surface area contributed by atoms with Crippen LogP contribution in [0.1, 0.15) is 24.0 Å². The van der Waals surface area contributed by atoms with Crippen molar-refractivity contribution in [2.45, 2.75) is 25.8 Å². The molecule has 152 valence electrons. The SMILES string of the molecule is CN(Cc1ccnc2ccccc12)CC1CCN(CCc2cccc(F)c2)CC1. The van der Waals surface area contributed by atoms with E-state index in [-0.39, 0.29) is 5.82 Å². The van der Waals surface area contributed by atoms with Crippen LogP contribution in [0.5, 0.6) is 0 Å². The van der Waals surface area contributed by atoms with Gasteiger partial charge < -0.3 is 9.80 Å². The van der Waals surface area contributed by atoms with Crippen molar-refractivity contribution in [1.82, 2.24) is 14.8 Å². The zero-order valence-corrected chi connectivity index (χ0v) is 17.2. The first-order valence-electron chi connectivity index (χ1n) is 10.7. The summed E-state index contributed by atoms with van der Waals surface area (Å²) in [6.07, 6.45) is 5.33. The fraction of sp³-hybridized carbons (Fsp3) is 0.400. The maximum atomic E-state index is 13.3. The van der Waals surface area contributed by atoms with Gasteiger partial charge in [-0.15, -0.1) is 0 Å². The highest BCUT2D eigenvalue weighted by Gasteiger charge is 2.20. The van der Waals surface area contributed by atoms with Gasteiger partial charge in [0.25, 0.3) is 0 Å². The first kappa shape index (κ1) is 20.0. The minimum absolute atomic E-state index is 0.133. The van der Waals surface area contributed by atoms with E-state index in [9.17, 15) is 4.39 Å². The summed E-state index contributed by atoms with van der Waals surface area (Å²) in [5.74, 6) is 0.616. The fourth-order valence-electron chi connectivity index (χ4n) is 4.46. The molecule has 29 heavy (non-hydrogen) atoms. The molecule has 3 aromatic rings. The highest BCUT2D eigenvalue weighted by molar-refractivity contribution is 5.81. The Hall–Kier alpha value is -2.30. The molecule has 0 N–H and O–H groups in total. The lowest BCUT2D eigenvalue weighted by Gasteiger charge is -2.34. The smallest absolute Gasteiger partial charge is 0.123 e. The molecule has 0 amide bonds. The minimum atomic E-state index is -0.133. The fourth-order valence-corrected chi connectivity index (χ4v) is 4.46. The Labute approximate surface area is 173 Å². The molecule has 3 nitrogen and oxygen atoms in total. The first-order valence-corrected chi connectivity index (χ1v) is 10.7. The number of aromatic nitrogens is 1. The van der Waals surface area contributed by atoms with Crippen LogP contribution in [-0.2, 0) is 13.0 Å². The van der Waals surface area contributed by atoms with Crippen LogP contribution in [-0.4, -0.2) is 48.0 Å². The van der Waals surface area contributed by atoms with E-state index < -0.39 is 0 Å². The number of pyridine rings is 1. The summed E-state index contributed by atoms with van der Waals surface area (Å²) in [6.45, 7) is 5.41. The minimum Gasteiger partial charge on any atom is -0.303 e. The van der Waals surface area contributed by atoms with Gasteiger partial charge >= 0.3 is 0 Å². The van der Waals surface area contributed by atoms with E-state index in [1.54, 1.807) is 12.1 Å². The van der Waals surface area contributed by atoms with Crippen LogP contribution in [0.2, 0.25) is 0 Å². The third-order valence-electron chi connectivity index (χ3n) is 6.06. The predicted molar refractivity (Wildman–Crippen MR) is 117 cm³/mol. The summed E-state index contributed by atoms with van der Waals surface area (Å²) >= 11 is 0. The number of hydrogen-bond acceptors (Lipinski definition) is 3. The molecule has 0 unspecified atom stereocenters. The van der Waals surface area contributed by atoms with E-state index in [1.807, 2.05) is 18.3 Å². The van der Waals surface area contributed by atoms with Gasteiger partial charge in [-0.1, -0.05) is 30.3 Å². The van der Waals surface area contributed by atoms with Gasteiger partial charge in [0.05, 0.1) is 5.52 Å². The first-order chi connectivity index (χ1) is 14.2. The number of fused-ring (bicyclic) bond motifs is 1. The van der Waals surface area contributed by atoms with Crippen LogP contribution in [0.4, 0.5) is 4.39 Å². The number of likely N-dealkylation sites (tertiary alicyclic amines) is 1. The molecule has 4 heteroatoms. The quantitative estimate of drug-likeness (QED) is 0.579. The van der Waals surface area contributed by atoms with Crippen LogP contribution in [0.25, 0.3) is 10.9 Å². The van der Waals surface area contributed by atoms with Crippen molar-refractivity contribution in [2.75, 3.05) is 33.2 Å². The molecule has 0 bridgehead atoms. The average molecular weight is 392 g/mol. The van der Waals surface area contributed by atoms with Crippen LogP contribution < -0.4 is 0 Å². The summed E-state index contributed by atoms with van der Waals surface area (Å²) in [5.41, 5.74) is 3.52. The normalized spacial score (nSPS) is 16.0. The number of hydrogen-bond donors (Lipinski definition) is 0. The number of benzene rings is 2. The highest BCUT2D eigenvalue weighted by atomic mass is 19.1. The number of halogens is 1. The van der Waals surface area contributed by atoms with Crippen molar-refractivity contribution in [1.29, 1.82) is 0 Å². The molecule has 4 rings (SSSR count). The van der Waals surface area contributed by atoms with Crippen molar-refractivity contribution in [2.24, 2.45) is 5.92 Å². The topological polar surface area (TPSA) is 19.4 Å². The van der Waals surface area contributed by atoms with Crippen LogP contribution in [0.3, 0.4) is 0 Å². The Morgan fingerprint density at radius 1 is 1.07 bits per heavy atom. The van der Waals surface area contributed by atoms with Crippen molar-refractivity contribution in [3.05, 3.63) is 77.7 Å². The second-order valence-corrected chi connectivity index (χ2v) is 8.35. The summed E-state index contributed by atoms with van der Waals surface area (Å²) in [5, 5.41) is 1.26. The van der Waals surface area contributed by atoms with Crippen molar-refractivity contribution in [3.8, 4) is 0 Å². The van der Waals surface area contributed by atoms with Crippen LogP contribution in [0.15, 0.2) is 60.8 Å². The second kappa shape index (κ2) is 9.47. The second-order valence-electron chi connectivity index (χ2n) is 8.35. The van der Waals surface area contributed by atoms with Gasteiger partial charge in [0.1, 0.15) is 5.82 Å². The number of nitrogens with zero attached hydrogens (tertiary/aromatic N) is 3. The van der Waals surface area contributed by atoms with Crippen molar-refractivity contribution in [3.63, 3.8) is 0 Å². The van der Waals surface area contributed by atoms with E-state index >= 15 is 0 Å². The third kappa shape index (κ3) is 5.40. The van der Waals surface area contributed by atoms with Gasteiger partial charge in [-0.3, -0.25) is 4.98 Å². The Bertz CT molecular complexity index is 929. The molecular formula is C25H30FN3. The molecule has 1 aliphatic rings. The molecule has 1 fully saturated rings. The van der Waals surface area contributed by atoms with Gasteiger partial charge in [-0.2, -0.15) is 0 Å². The van der Waals surface area contributed by atoms with Gasteiger partial charge in [0, 0.05) is 31.2 Å². The largest absolute Gasteiger partial charge is 0.303 e. The molecule has 0 saturated carbocycles. The Morgan fingerprint density at radius 3 is 2.72 bits per heavy atom. The van der Waals surface area contributed by atoms with E-state index in [0.717, 1.165) is 56.1 Å². The summed E-state index contributed by atoms with van der Waals surface area (Å²) in [7, 11) is 2.23. The maximum Gasteiger partial charge on any atom is 0.123 e. The molecule has 0 atom stereocenters. The van der Waals surface area contributed by atoms with Gasteiger partial charge in [0.2, 0.25) is 0 Å². The summed E-state index contributed by atoms with van der Waals surface area (Å²) < 4.78 is 13.3. The molecule has 1 saturated heterocycles. The lowest BCUT2D eigenvalue weighted by Crippen LogP contribution is -2.38. The lowest BCUT2D eigenvalue weighted by molar-refractivity contribution is 0.153. The summed E-state index contributed by atoms with van der Waals surface area (Å²) in [4.78, 5) is 9.45. The standard InChI is InChI=1S/C25H30FN3/c1-28(19-22-9-13-27-25-8-3-2-7-24(22)25)18-21-11-15-29(16-12-21)14-10-20-5-4-6-23(26)17-20/h2-9,13,17,21H,10-12,14-16,18-19H2,1H3. The van der Waals surface area contributed by atoms with E-state index in [2.05, 4.69) is 46.1 Å². The van der Waals surface area contributed by atoms with E-state index in [0.29, 0.717) is 0 Å². The molecule has 0 spiro atoms. The molecular weight excluding hydrogens is 361 g/mol. The summed E-state index contributed by atoms with van der Waals surface area (Å²) in [6, 6.07) is 17.5. The highest BCUT2D eigenvalue weighted by Crippen LogP contribution is 2.21. The average Bonchev–Trinajstić information content (AvgIpc) is 2.74. The molecule has 1 aromatic heterocycles. The Morgan fingerprint density at radius 2 is 1.90 bits per heavy atom. The van der Waals surface area contributed by atoms with Crippen molar-refractivity contribution >= 4 is 10.9 Å². The Balaban J connectivity index is 1.24. The molecule has 0 aliphatic carbocycles. The maximum absolute atomic E-state index is 13.3. The van der Waals surface area contributed by atoms with Crippen molar-refractivity contribution < 1.29 is 4.39 Å². The number of rotatable bonds is 7. The Kier molecular flexibility index (Phi) is 6.53. The van der Waals surface area contributed by atoms with Crippen LogP contribution in [0, 0.1) is 11.7 Å². The van der Waals surface area contributed by atoms with E-state index in [1.165, 1.54) is 29.9 Å². The van der Waals surface area contributed by atoms with E-state index in [4.69, 9.17) is 0 Å². The number of para-hydroxylation sites is 1. The zero-order valence-electron chi connectivity index (χ0n) is 17.2. The lowest BCUT2D eigenvalue weighted by atomic mass is 9.95. The van der Waals surface area contributed by atoms with Crippen LogP contribution >= 0.6 is 0 Å².